The Labute approximate surface area is 135 Å². The number of benzene rings is 2. The minimum Gasteiger partial charge on any atom is -0.478 e. The summed E-state index contributed by atoms with van der Waals surface area (Å²) in [6, 6.07) is 7.94. The molecule has 0 aliphatic carbocycles. The minimum atomic E-state index is -1.35. The number of amides is 2. The van der Waals surface area contributed by atoms with Crippen LogP contribution in [0.2, 0.25) is 0 Å². The molecule has 0 aromatic heterocycles. The number of nitrogens with zero attached hydrogens (tertiary/aromatic N) is 1. The van der Waals surface area contributed by atoms with Crippen LogP contribution < -0.4 is 4.90 Å². The summed E-state index contributed by atoms with van der Waals surface area (Å²) in [5.74, 6) is -3.94. The van der Waals surface area contributed by atoms with Crippen LogP contribution in [-0.2, 0) is 0 Å². The third-order valence-corrected chi connectivity index (χ3v) is 3.71. The number of fused-ring (bicyclic) bond motifs is 1. The molecule has 2 aromatic rings. The molecule has 0 radical (unpaired) electrons. The summed E-state index contributed by atoms with van der Waals surface area (Å²) < 4.78 is 0. The number of carboxylic acids is 2. The number of carbonyl (C=O) groups excluding carboxylic acids is 2. The van der Waals surface area contributed by atoms with Gasteiger partial charge in [0, 0.05) is 0 Å². The van der Waals surface area contributed by atoms with E-state index in [2.05, 4.69) is 0 Å². The van der Waals surface area contributed by atoms with Gasteiger partial charge in [-0.3, -0.25) is 9.59 Å². The molecule has 7 heteroatoms. The van der Waals surface area contributed by atoms with Gasteiger partial charge in [0.05, 0.1) is 27.9 Å². The zero-order valence-electron chi connectivity index (χ0n) is 12.4. The van der Waals surface area contributed by atoms with Gasteiger partial charge in [0.15, 0.2) is 0 Å². The first-order valence-corrected chi connectivity index (χ1v) is 6.90. The van der Waals surface area contributed by atoms with E-state index in [0.717, 1.165) is 28.7 Å². The fourth-order valence-corrected chi connectivity index (χ4v) is 2.58. The lowest BCUT2D eigenvalue weighted by atomic mass is 10.1. The molecule has 0 saturated carbocycles. The van der Waals surface area contributed by atoms with Crippen molar-refractivity contribution in [1.29, 1.82) is 0 Å². The highest BCUT2D eigenvalue weighted by atomic mass is 16.4. The maximum Gasteiger partial charge on any atom is 0.335 e. The van der Waals surface area contributed by atoms with Gasteiger partial charge in [-0.1, -0.05) is 11.6 Å². The number of aromatic carboxylic acids is 2. The topological polar surface area (TPSA) is 112 Å². The van der Waals surface area contributed by atoms with Gasteiger partial charge in [-0.05, 0) is 37.3 Å². The zero-order chi connectivity index (χ0) is 17.6. The lowest BCUT2D eigenvalue weighted by Crippen LogP contribution is -2.29. The van der Waals surface area contributed by atoms with Crippen molar-refractivity contribution in [2.24, 2.45) is 0 Å². The summed E-state index contributed by atoms with van der Waals surface area (Å²) in [6.45, 7) is 1.77. The Morgan fingerprint density at radius 2 is 1.38 bits per heavy atom. The number of anilines is 1. The van der Waals surface area contributed by atoms with Gasteiger partial charge >= 0.3 is 11.9 Å². The van der Waals surface area contributed by atoms with Crippen LogP contribution in [0, 0.1) is 6.92 Å². The van der Waals surface area contributed by atoms with Crippen molar-refractivity contribution < 1.29 is 29.4 Å². The Kier molecular flexibility index (Phi) is 3.41. The summed E-state index contributed by atoms with van der Waals surface area (Å²) in [5.41, 5.74) is 0.467. The quantitative estimate of drug-likeness (QED) is 0.837. The van der Waals surface area contributed by atoms with Gasteiger partial charge in [-0.2, -0.15) is 0 Å². The minimum absolute atomic E-state index is 0.0869. The second-order valence-corrected chi connectivity index (χ2v) is 5.37. The van der Waals surface area contributed by atoms with Crippen molar-refractivity contribution in [3.05, 3.63) is 64.2 Å². The molecule has 7 nitrogen and oxygen atoms in total. The van der Waals surface area contributed by atoms with E-state index in [1.807, 2.05) is 0 Å². The van der Waals surface area contributed by atoms with Crippen LogP contribution in [0.25, 0.3) is 0 Å². The Balaban J connectivity index is 2.16. The molecule has 0 unspecified atom stereocenters. The normalized spacial score (nSPS) is 13.1. The molecule has 2 aromatic carbocycles. The maximum atomic E-state index is 12.5. The fourth-order valence-electron chi connectivity index (χ4n) is 2.58. The van der Waals surface area contributed by atoms with Gasteiger partial charge in [0.1, 0.15) is 0 Å². The molecule has 0 spiro atoms. The van der Waals surface area contributed by atoms with Crippen LogP contribution in [0.3, 0.4) is 0 Å². The van der Waals surface area contributed by atoms with Crippen molar-refractivity contribution >= 4 is 29.4 Å². The zero-order valence-corrected chi connectivity index (χ0v) is 12.4. The first-order valence-electron chi connectivity index (χ1n) is 6.90. The Morgan fingerprint density at radius 1 is 0.833 bits per heavy atom. The molecule has 2 amide bonds. The van der Waals surface area contributed by atoms with E-state index in [-0.39, 0.29) is 27.9 Å². The number of hydrogen-bond donors (Lipinski definition) is 2. The second-order valence-electron chi connectivity index (χ2n) is 5.37. The summed E-state index contributed by atoms with van der Waals surface area (Å²) >= 11 is 0. The molecule has 24 heavy (non-hydrogen) atoms. The van der Waals surface area contributed by atoms with Gasteiger partial charge in [0.25, 0.3) is 11.8 Å². The highest BCUT2D eigenvalue weighted by molar-refractivity contribution is 6.34. The number of imide groups is 1. The number of hydrogen-bond acceptors (Lipinski definition) is 4. The second kappa shape index (κ2) is 5.31. The van der Waals surface area contributed by atoms with Gasteiger partial charge in [-0.15, -0.1) is 0 Å². The predicted octanol–water partition coefficient (Wildman–Crippen LogP) is 2.19. The molecular weight excluding hydrogens is 314 g/mol. The molecule has 1 aliphatic rings. The lowest BCUT2D eigenvalue weighted by Gasteiger charge is -2.15. The van der Waals surface area contributed by atoms with Crippen LogP contribution >= 0.6 is 0 Å². The van der Waals surface area contributed by atoms with Gasteiger partial charge in [0.2, 0.25) is 0 Å². The van der Waals surface area contributed by atoms with Crippen LogP contribution in [-0.4, -0.2) is 34.0 Å². The van der Waals surface area contributed by atoms with E-state index in [1.165, 1.54) is 6.07 Å². The Bertz CT molecular complexity index is 898. The smallest absolute Gasteiger partial charge is 0.335 e. The molecule has 120 valence electrons. The Morgan fingerprint density at radius 3 is 1.92 bits per heavy atom. The first-order chi connectivity index (χ1) is 11.3. The molecule has 1 heterocycles. The molecule has 2 N–H and O–H groups in total. The van der Waals surface area contributed by atoms with Crippen molar-refractivity contribution in [2.75, 3.05) is 4.90 Å². The third kappa shape index (κ3) is 2.32. The highest BCUT2D eigenvalue weighted by Gasteiger charge is 2.37. The van der Waals surface area contributed by atoms with E-state index in [4.69, 9.17) is 10.2 Å². The van der Waals surface area contributed by atoms with Crippen LogP contribution in [0.5, 0.6) is 0 Å². The molecule has 1 aliphatic heterocycles. The predicted molar refractivity (Wildman–Crippen MR) is 82.7 cm³/mol. The monoisotopic (exact) mass is 325 g/mol. The van der Waals surface area contributed by atoms with Crippen molar-refractivity contribution in [1.82, 2.24) is 0 Å². The van der Waals surface area contributed by atoms with Crippen LogP contribution in [0.15, 0.2) is 36.4 Å². The van der Waals surface area contributed by atoms with E-state index in [1.54, 1.807) is 19.1 Å². The largest absolute Gasteiger partial charge is 0.478 e. The van der Waals surface area contributed by atoms with Crippen LogP contribution in [0.1, 0.15) is 47.0 Å². The van der Waals surface area contributed by atoms with E-state index >= 15 is 0 Å². The van der Waals surface area contributed by atoms with E-state index in [0.29, 0.717) is 0 Å². The molecule has 0 saturated heterocycles. The third-order valence-electron chi connectivity index (χ3n) is 3.71. The molecular formula is C17H11NO6. The van der Waals surface area contributed by atoms with E-state index in [9.17, 15) is 19.2 Å². The number of carbonyl (C=O) groups is 4. The number of aryl methyl sites for hydroxylation is 1. The van der Waals surface area contributed by atoms with Crippen molar-refractivity contribution in [3.8, 4) is 0 Å². The summed E-state index contributed by atoms with van der Waals surface area (Å²) in [6.07, 6.45) is 0. The average molecular weight is 325 g/mol. The van der Waals surface area contributed by atoms with Crippen molar-refractivity contribution in [3.63, 3.8) is 0 Å². The summed E-state index contributed by atoms with van der Waals surface area (Å²) in [7, 11) is 0. The van der Waals surface area contributed by atoms with Gasteiger partial charge in [-0.25, -0.2) is 14.5 Å². The standard InChI is InChI=1S/C17H11NO6/c1-8-2-3-12-13(4-8)15(20)18(14(12)19)11-6-9(16(21)22)5-10(7-11)17(23)24/h2-7H,1H3,(H,21,22)(H,23,24). The average Bonchev–Trinajstić information content (AvgIpc) is 2.77. The van der Waals surface area contributed by atoms with Gasteiger partial charge < -0.3 is 10.2 Å². The highest BCUT2D eigenvalue weighted by Crippen LogP contribution is 2.30. The van der Waals surface area contributed by atoms with E-state index < -0.39 is 23.8 Å². The molecule has 0 atom stereocenters. The first kappa shape index (κ1) is 15.4. The van der Waals surface area contributed by atoms with Crippen LogP contribution in [0.4, 0.5) is 5.69 Å². The SMILES string of the molecule is Cc1ccc2c(c1)C(=O)N(c1cc(C(=O)O)cc(C(=O)O)c1)C2=O. The fraction of sp³-hybridized carbons (Fsp3) is 0.0588. The van der Waals surface area contributed by atoms with Crippen molar-refractivity contribution in [2.45, 2.75) is 6.92 Å². The number of carboxylic acid groups (broad SMARTS) is 2. The number of rotatable bonds is 3. The summed E-state index contributed by atoms with van der Waals surface area (Å²) in [4.78, 5) is 48.2. The maximum absolute atomic E-state index is 12.5. The lowest BCUT2D eigenvalue weighted by molar-refractivity contribution is 0.0695. The Hall–Kier alpha value is -3.48. The molecule has 0 bridgehead atoms. The summed E-state index contributed by atoms with van der Waals surface area (Å²) in [5, 5.41) is 18.2. The molecule has 3 rings (SSSR count). The molecule has 0 fully saturated rings.